The summed E-state index contributed by atoms with van der Waals surface area (Å²) in [6.07, 6.45) is 4.39. The average molecular weight is 632 g/mol. The molecule has 0 spiro atoms. The minimum atomic E-state index is -0.0988. The lowest BCUT2D eigenvalue weighted by Gasteiger charge is -2.30. The SMILES string of the molecule is CCc1ccc(COCCOCc2ccc(C[N+](C)(C)CCCNC(=O)c3ccc(C(=O)CCCC[N+](C)(C)C)cc3)cc2)cc1. The van der Waals surface area contributed by atoms with Crippen LogP contribution in [0.15, 0.2) is 72.8 Å². The Kier molecular flexibility index (Phi) is 15.1. The van der Waals surface area contributed by atoms with Crippen LogP contribution in [0.4, 0.5) is 0 Å². The molecule has 0 bridgehead atoms. The molecule has 0 saturated heterocycles. The maximum absolute atomic E-state index is 12.7. The van der Waals surface area contributed by atoms with Crippen molar-refractivity contribution in [2.75, 3.05) is 68.1 Å². The molecule has 1 N–H and O–H groups in total. The molecule has 3 rings (SSSR count). The Morgan fingerprint density at radius 3 is 1.70 bits per heavy atom. The summed E-state index contributed by atoms with van der Waals surface area (Å²) in [7, 11) is 10.9. The maximum Gasteiger partial charge on any atom is 0.251 e. The molecule has 3 aromatic rings. The van der Waals surface area contributed by atoms with E-state index < -0.39 is 0 Å². The number of quaternary nitrogens is 2. The normalized spacial score (nSPS) is 11.9. The minimum absolute atomic E-state index is 0.0988. The highest BCUT2D eigenvalue weighted by atomic mass is 16.5. The topological polar surface area (TPSA) is 64.6 Å². The number of carbonyl (C=O) groups is 2. The van der Waals surface area contributed by atoms with Crippen molar-refractivity contribution < 1.29 is 28.0 Å². The molecule has 0 saturated carbocycles. The van der Waals surface area contributed by atoms with E-state index in [4.69, 9.17) is 9.47 Å². The largest absolute Gasteiger partial charge is 0.374 e. The molecule has 0 atom stereocenters. The van der Waals surface area contributed by atoms with Gasteiger partial charge in [-0.25, -0.2) is 0 Å². The number of hydrogen-bond acceptors (Lipinski definition) is 4. The van der Waals surface area contributed by atoms with Crippen LogP contribution in [0.25, 0.3) is 0 Å². The Balaban J connectivity index is 1.28. The van der Waals surface area contributed by atoms with Crippen LogP contribution in [-0.2, 0) is 35.7 Å². The zero-order valence-electron chi connectivity index (χ0n) is 29.1. The van der Waals surface area contributed by atoms with Crippen LogP contribution in [0.1, 0.15) is 75.6 Å². The lowest BCUT2D eigenvalue weighted by molar-refractivity contribution is -0.903. The van der Waals surface area contributed by atoms with Crippen LogP contribution in [-0.4, -0.2) is 88.7 Å². The number of benzene rings is 3. The number of nitrogens with one attached hydrogen (secondary N) is 1. The second-order valence-corrected chi connectivity index (χ2v) is 14.0. The van der Waals surface area contributed by atoms with Gasteiger partial charge < -0.3 is 23.8 Å². The monoisotopic (exact) mass is 631 g/mol. The summed E-state index contributed by atoms with van der Waals surface area (Å²) in [5.41, 5.74) is 6.22. The molecule has 0 radical (unpaired) electrons. The van der Waals surface area contributed by atoms with Gasteiger partial charge in [0.1, 0.15) is 6.54 Å². The second kappa shape index (κ2) is 18.7. The Bertz CT molecular complexity index is 1330. The van der Waals surface area contributed by atoms with Crippen molar-refractivity contribution >= 4 is 11.7 Å². The number of aryl methyl sites for hydroxylation is 1. The molecule has 250 valence electrons. The summed E-state index contributed by atoms with van der Waals surface area (Å²) in [5.74, 6) is 0.0419. The van der Waals surface area contributed by atoms with Crippen molar-refractivity contribution in [3.8, 4) is 0 Å². The molecule has 7 nitrogen and oxygen atoms in total. The third kappa shape index (κ3) is 14.4. The standard InChI is InChI=1S/C39H56N3O4/c1-7-32-12-16-34(17-13-32)30-45-27-28-46-31-35-18-14-33(15-19-35)29-42(5,6)26-10-24-40-39(44)37-22-20-36(21-23-37)38(43)11-8-9-25-41(2,3)4/h12-23H,7-11,24-31H2,1-6H3/q+1/p+1. The van der Waals surface area contributed by atoms with Gasteiger partial charge in [-0.3, -0.25) is 9.59 Å². The predicted molar refractivity (Wildman–Crippen MR) is 187 cm³/mol. The van der Waals surface area contributed by atoms with Crippen LogP contribution in [0.3, 0.4) is 0 Å². The fraction of sp³-hybridized carbons (Fsp3) is 0.487. The van der Waals surface area contributed by atoms with E-state index >= 15 is 0 Å². The molecule has 7 heteroatoms. The number of ketones is 1. The van der Waals surface area contributed by atoms with Gasteiger partial charge in [0.2, 0.25) is 0 Å². The summed E-state index contributed by atoms with van der Waals surface area (Å²) >= 11 is 0. The van der Waals surface area contributed by atoms with E-state index in [1.165, 1.54) is 16.7 Å². The summed E-state index contributed by atoms with van der Waals surface area (Å²) in [6, 6.07) is 24.2. The van der Waals surface area contributed by atoms with E-state index in [-0.39, 0.29) is 11.7 Å². The highest BCUT2D eigenvalue weighted by Crippen LogP contribution is 2.14. The summed E-state index contributed by atoms with van der Waals surface area (Å²) < 4.78 is 13.3. The number of amides is 1. The van der Waals surface area contributed by atoms with E-state index in [0.29, 0.717) is 50.5 Å². The van der Waals surface area contributed by atoms with Crippen LogP contribution in [0, 0.1) is 0 Å². The van der Waals surface area contributed by atoms with Crippen molar-refractivity contribution in [1.29, 1.82) is 0 Å². The smallest absolute Gasteiger partial charge is 0.251 e. The van der Waals surface area contributed by atoms with E-state index in [1.54, 1.807) is 24.3 Å². The second-order valence-electron chi connectivity index (χ2n) is 14.0. The molecule has 0 aliphatic carbocycles. The molecule has 0 fully saturated rings. The Labute approximate surface area is 277 Å². The first-order valence-corrected chi connectivity index (χ1v) is 16.8. The lowest BCUT2D eigenvalue weighted by atomic mass is 10.0. The van der Waals surface area contributed by atoms with Crippen LogP contribution in [0.5, 0.6) is 0 Å². The molecule has 3 aromatic carbocycles. The van der Waals surface area contributed by atoms with Crippen molar-refractivity contribution in [3.05, 3.63) is 106 Å². The van der Waals surface area contributed by atoms with Gasteiger partial charge in [-0.1, -0.05) is 67.6 Å². The first kappa shape index (κ1) is 37.1. The molecule has 0 unspecified atom stereocenters. The van der Waals surface area contributed by atoms with Crippen LogP contribution >= 0.6 is 0 Å². The van der Waals surface area contributed by atoms with Gasteiger partial charge in [0.25, 0.3) is 5.91 Å². The highest BCUT2D eigenvalue weighted by Gasteiger charge is 2.16. The summed E-state index contributed by atoms with van der Waals surface area (Å²) in [5, 5.41) is 3.03. The van der Waals surface area contributed by atoms with Gasteiger partial charge in [0.15, 0.2) is 5.78 Å². The van der Waals surface area contributed by atoms with Gasteiger partial charge in [-0.15, -0.1) is 0 Å². The van der Waals surface area contributed by atoms with E-state index in [9.17, 15) is 9.59 Å². The van der Waals surface area contributed by atoms with Crippen molar-refractivity contribution in [3.63, 3.8) is 0 Å². The number of unbranched alkanes of at least 4 members (excludes halogenated alkanes) is 1. The molecule has 46 heavy (non-hydrogen) atoms. The summed E-state index contributed by atoms with van der Waals surface area (Å²) in [4.78, 5) is 25.2. The third-order valence-electron chi connectivity index (χ3n) is 8.15. The number of nitrogens with zero attached hydrogens (tertiary/aromatic N) is 2. The van der Waals surface area contributed by atoms with Gasteiger partial charge >= 0.3 is 0 Å². The number of Topliss-reactive ketones (excluding diaryl/α,β-unsaturated/α-hetero) is 1. The number of rotatable bonds is 21. The molecule has 0 aliphatic heterocycles. The lowest BCUT2D eigenvalue weighted by Crippen LogP contribution is -2.41. The molecule has 0 heterocycles. The maximum atomic E-state index is 12.7. The van der Waals surface area contributed by atoms with Gasteiger partial charge in [0.05, 0.1) is 74.8 Å². The van der Waals surface area contributed by atoms with E-state index in [1.807, 2.05) is 0 Å². The van der Waals surface area contributed by atoms with Crippen molar-refractivity contribution in [1.82, 2.24) is 5.32 Å². The molecule has 1 amide bonds. The molecule has 0 aromatic heterocycles. The summed E-state index contributed by atoms with van der Waals surface area (Å²) in [6.45, 7) is 8.00. The zero-order chi connectivity index (χ0) is 33.4. The van der Waals surface area contributed by atoms with E-state index in [0.717, 1.165) is 59.8 Å². The van der Waals surface area contributed by atoms with Crippen molar-refractivity contribution in [2.24, 2.45) is 0 Å². The number of carbonyl (C=O) groups excluding carboxylic acids is 2. The predicted octanol–water partition coefficient (Wildman–Crippen LogP) is 6.44. The Morgan fingerprint density at radius 1 is 0.630 bits per heavy atom. The van der Waals surface area contributed by atoms with Gasteiger partial charge in [-0.2, -0.15) is 0 Å². The number of ether oxygens (including phenoxy) is 2. The quantitative estimate of drug-likeness (QED) is 0.0836. The third-order valence-corrected chi connectivity index (χ3v) is 8.15. The number of hydrogen-bond donors (Lipinski definition) is 1. The van der Waals surface area contributed by atoms with Gasteiger partial charge in [-0.05, 0) is 48.1 Å². The zero-order valence-corrected chi connectivity index (χ0v) is 29.1. The fourth-order valence-electron chi connectivity index (χ4n) is 5.32. The molecular formula is C39H57N3O4+2. The molecule has 0 aliphatic rings. The van der Waals surface area contributed by atoms with Gasteiger partial charge in [0, 0.05) is 36.1 Å². The van der Waals surface area contributed by atoms with Crippen molar-refractivity contribution in [2.45, 2.75) is 58.8 Å². The first-order valence-electron chi connectivity index (χ1n) is 16.8. The van der Waals surface area contributed by atoms with Crippen LogP contribution < -0.4 is 5.32 Å². The molecular weight excluding hydrogens is 574 g/mol. The first-order chi connectivity index (χ1) is 21.9. The minimum Gasteiger partial charge on any atom is -0.374 e. The highest BCUT2D eigenvalue weighted by molar-refractivity contribution is 5.98. The Hall–Kier alpha value is -3.36. The average Bonchev–Trinajstić information content (AvgIpc) is 3.03. The van der Waals surface area contributed by atoms with E-state index in [2.05, 4.69) is 96.0 Å². The van der Waals surface area contributed by atoms with Crippen LogP contribution in [0.2, 0.25) is 0 Å². The fourth-order valence-corrected chi connectivity index (χ4v) is 5.32. The Morgan fingerprint density at radius 2 is 1.15 bits per heavy atom.